The lowest BCUT2D eigenvalue weighted by Crippen LogP contribution is -2.09. The first kappa shape index (κ1) is 31.2. The van der Waals surface area contributed by atoms with E-state index in [-0.39, 0.29) is 0 Å². The van der Waals surface area contributed by atoms with Crippen molar-refractivity contribution >= 4 is 71.7 Å². The van der Waals surface area contributed by atoms with Crippen LogP contribution in [0.25, 0.3) is 88.0 Å². The highest BCUT2D eigenvalue weighted by molar-refractivity contribution is 6.07. The van der Waals surface area contributed by atoms with Gasteiger partial charge in [0.15, 0.2) is 0 Å². The Morgan fingerprint density at radius 1 is 0.273 bits per heavy atom. The highest BCUT2D eigenvalue weighted by Crippen LogP contribution is 2.41. The first-order valence-corrected chi connectivity index (χ1v) is 18.7. The van der Waals surface area contributed by atoms with Crippen molar-refractivity contribution in [1.29, 1.82) is 0 Å². The monoisotopic (exact) mass is 703 g/mol. The number of hydrogen-bond acceptors (Lipinski definition) is 3. The van der Waals surface area contributed by atoms with Crippen molar-refractivity contribution in [2.24, 2.45) is 0 Å². The zero-order valence-corrected chi connectivity index (χ0v) is 29.8. The number of para-hydroxylation sites is 2. The molecule has 2 aromatic heterocycles. The van der Waals surface area contributed by atoms with Crippen LogP contribution in [0.2, 0.25) is 0 Å². The number of fused-ring (bicyclic) bond motifs is 7. The van der Waals surface area contributed by atoms with Crippen LogP contribution in [0.1, 0.15) is 0 Å². The second kappa shape index (κ2) is 12.6. The van der Waals surface area contributed by atoms with Crippen molar-refractivity contribution in [2.45, 2.75) is 0 Å². The summed E-state index contributed by atoms with van der Waals surface area (Å²) in [5.41, 5.74) is 13.8. The van der Waals surface area contributed by atoms with Crippen molar-refractivity contribution in [1.82, 2.24) is 0 Å². The third-order valence-corrected chi connectivity index (χ3v) is 10.9. The summed E-state index contributed by atoms with van der Waals surface area (Å²) in [6.07, 6.45) is 0. The lowest BCUT2D eigenvalue weighted by molar-refractivity contribution is 0.668. The van der Waals surface area contributed by atoms with E-state index in [1.165, 1.54) is 33.0 Å². The Balaban J connectivity index is 0.985. The molecule has 11 aromatic rings. The van der Waals surface area contributed by atoms with E-state index >= 15 is 0 Å². The summed E-state index contributed by atoms with van der Waals surface area (Å²) in [6, 6.07) is 71.1. The summed E-state index contributed by atoms with van der Waals surface area (Å²) >= 11 is 0. The zero-order chi connectivity index (χ0) is 36.3. The van der Waals surface area contributed by atoms with Gasteiger partial charge in [0.05, 0.1) is 0 Å². The second-order valence-electron chi connectivity index (χ2n) is 14.1. The van der Waals surface area contributed by atoms with E-state index in [0.717, 1.165) is 72.1 Å². The molecule has 3 heteroatoms. The summed E-state index contributed by atoms with van der Waals surface area (Å²) in [7, 11) is 0. The average Bonchev–Trinajstić information content (AvgIpc) is 3.82. The van der Waals surface area contributed by atoms with E-state index in [0.29, 0.717) is 0 Å². The number of nitrogens with zero attached hydrogens (tertiary/aromatic N) is 1. The van der Waals surface area contributed by atoms with Gasteiger partial charge in [0, 0.05) is 38.6 Å². The van der Waals surface area contributed by atoms with Crippen molar-refractivity contribution in [3.05, 3.63) is 200 Å². The molecule has 0 saturated carbocycles. The number of rotatable bonds is 6. The Labute approximate surface area is 317 Å². The molecule has 0 atom stereocenters. The third-order valence-electron chi connectivity index (χ3n) is 10.9. The molecule has 0 aliphatic carbocycles. The first-order valence-electron chi connectivity index (χ1n) is 18.7. The maximum Gasteiger partial charge on any atom is 0.136 e. The molecule has 0 aliphatic heterocycles. The van der Waals surface area contributed by atoms with E-state index in [1.54, 1.807) is 0 Å². The van der Waals surface area contributed by atoms with Gasteiger partial charge in [-0.05, 0) is 117 Å². The lowest BCUT2D eigenvalue weighted by Gasteiger charge is -2.26. The van der Waals surface area contributed by atoms with Crippen LogP contribution in [0, 0.1) is 0 Å². The quantitative estimate of drug-likeness (QED) is 0.173. The van der Waals surface area contributed by atoms with E-state index in [1.807, 2.05) is 24.3 Å². The minimum Gasteiger partial charge on any atom is -0.456 e. The summed E-state index contributed by atoms with van der Waals surface area (Å²) in [5.74, 6) is 0. The largest absolute Gasteiger partial charge is 0.456 e. The molecule has 3 nitrogen and oxygen atoms in total. The third kappa shape index (κ3) is 5.36. The van der Waals surface area contributed by atoms with Gasteiger partial charge in [-0.2, -0.15) is 0 Å². The molecule has 0 fully saturated rings. The standard InChI is InChI=1S/C52H33NO2/c1-2-13-43-36(9-1)10-8-16-44(43)39-12-7-11-37(31-39)34-19-24-40(25-20-34)53(42-28-30-51-48(33-42)46-15-4-6-18-50(46)54-51)41-26-21-35(22-27-41)38-23-29-47-45-14-3-5-17-49(45)55-52(47)32-38/h1-33H. The molecule has 11 rings (SSSR count). The molecule has 0 amide bonds. The Hall–Kier alpha value is -7.36. The molecular weight excluding hydrogens is 671 g/mol. The number of anilines is 3. The van der Waals surface area contributed by atoms with Gasteiger partial charge in [0.2, 0.25) is 0 Å². The van der Waals surface area contributed by atoms with Gasteiger partial charge in [-0.3, -0.25) is 0 Å². The molecule has 0 N–H and O–H groups in total. The van der Waals surface area contributed by atoms with Crippen LogP contribution in [-0.4, -0.2) is 0 Å². The Bertz CT molecular complexity index is 3200. The predicted molar refractivity (Wildman–Crippen MR) is 229 cm³/mol. The van der Waals surface area contributed by atoms with Gasteiger partial charge < -0.3 is 13.7 Å². The molecule has 9 aromatic carbocycles. The molecule has 0 radical (unpaired) electrons. The summed E-state index contributed by atoms with van der Waals surface area (Å²) < 4.78 is 12.4. The lowest BCUT2D eigenvalue weighted by atomic mass is 9.95. The van der Waals surface area contributed by atoms with Crippen LogP contribution < -0.4 is 4.90 Å². The van der Waals surface area contributed by atoms with Gasteiger partial charge in [0.25, 0.3) is 0 Å². The maximum atomic E-state index is 6.22. The van der Waals surface area contributed by atoms with Crippen LogP contribution >= 0.6 is 0 Å². The predicted octanol–water partition coefficient (Wildman–Crippen LogP) is 15.1. The van der Waals surface area contributed by atoms with Crippen molar-refractivity contribution < 1.29 is 8.83 Å². The zero-order valence-electron chi connectivity index (χ0n) is 29.8. The average molecular weight is 704 g/mol. The van der Waals surface area contributed by atoms with Gasteiger partial charge in [-0.25, -0.2) is 0 Å². The Kier molecular flexibility index (Phi) is 7.17. The Morgan fingerprint density at radius 3 is 1.53 bits per heavy atom. The van der Waals surface area contributed by atoms with E-state index in [2.05, 4.69) is 181 Å². The van der Waals surface area contributed by atoms with Crippen LogP contribution in [-0.2, 0) is 0 Å². The first-order chi connectivity index (χ1) is 27.2. The van der Waals surface area contributed by atoms with Gasteiger partial charge >= 0.3 is 0 Å². The van der Waals surface area contributed by atoms with Crippen molar-refractivity contribution in [2.75, 3.05) is 4.90 Å². The van der Waals surface area contributed by atoms with Gasteiger partial charge in [-0.15, -0.1) is 0 Å². The topological polar surface area (TPSA) is 29.5 Å². The summed E-state index contributed by atoms with van der Waals surface area (Å²) in [6.45, 7) is 0. The van der Waals surface area contributed by atoms with Crippen molar-refractivity contribution in [3.63, 3.8) is 0 Å². The smallest absolute Gasteiger partial charge is 0.136 e. The highest BCUT2D eigenvalue weighted by Gasteiger charge is 2.17. The molecule has 0 saturated heterocycles. The molecule has 0 spiro atoms. The van der Waals surface area contributed by atoms with Crippen LogP contribution in [0.3, 0.4) is 0 Å². The second-order valence-corrected chi connectivity index (χ2v) is 14.1. The molecule has 0 aliphatic rings. The summed E-state index contributed by atoms with van der Waals surface area (Å²) in [4.78, 5) is 2.32. The fourth-order valence-corrected chi connectivity index (χ4v) is 8.16. The maximum absolute atomic E-state index is 6.22. The SMILES string of the molecule is c1cc(-c2ccc(N(c3ccc(-c4ccc5c(c4)oc4ccccc45)cc3)c3ccc4oc5ccccc5c4c3)cc2)cc(-c2cccc3ccccc23)c1. The Morgan fingerprint density at radius 2 is 0.782 bits per heavy atom. The van der Waals surface area contributed by atoms with E-state index < -0.39 is 0 Å². The fraction of sp³-hybridized carbons (Fsp3) is 0. The molecule has 55 heavy (non-hydrogen) atoms. The molecule has 2 heterocycles. The normalized spacial score (nSPS) is 11.6. The van der Waals surface area contributed by atoms with Gasteiger partial charge in [0.1, 0.15) is 22.3 Å². The number of furan rings is 2. The number of benzene rings is 9. The fourth-order valence-electron chi connectivity index (χ4n) is 8.16. The molecule has 0 unspecified atom stereocenters. The number of hydrogen-bond donors (Lipinski definition) is 0. The minimum atomic E-state index is 0.877. The molecular formula is C52H33NO2. The molecule has 258 valence electrons. The van der Waals surface area contributed by atoms with Gasteiger partial charge in [-0.1, -0.05) is 127 Å². The van der Waals surface area contributed by atoms with Crippen LogP contribution in [0.5, 0.6) is 0 Å². The minimum absolute atomic E-state index is 0.877. The summed E-state index contributed by atoms with van der Waals surface area (Å²) in [5, 5.41) is 6.98. The van der Waals surface area contributed by atoms with E-state index in [4.69, 9.17) is 8.83 Å². The molecule has 0 bridgehead atoms. The van der Waals surface area contributed by atoms with E-state index in [9.17, 15) is 0 Å². The van der Waals surface area contributed by atoms with Crippen LogP contribution in [0.15, 0.2) is 209 Å². The van der Waals surface area contributed by atoms with Crippen LogP contribution in [0.4, 0.5) is 17.1 Å². The highest BCUT2D eigenvalue weighted by atomic mass is 16.3. The van der Waals surface area contributed by atoms with Crippen molar-refractivity contribution in [3.8, 4) is 33.4 Å².